The Hall–Kier alpha value is -2.78. The van der Waals surface area contributed by atoms with Crippen LogP contribution in [-0.4, -0.2) is 37.2 Å². The molecule has 1 N–H and O–H groups in total. The number of methoxy groups -OCH3 is 1. The number of sulfonamides is 1. The van der Waals surface area contributed by atoms with Crippen LogP contribution >= 0.6 is 0 Å². The van der Waals surface area contributed by atoms with Crippen LogP contribution in [0.15, 0.2) is 52.0 Å². The fourth-order valence-corrected chi connectivity index (χ4v) is 3.28. The molecule has 0 atom stereocenters. The van der Waals surface area contributed by atoms with Crippen molar-refractivity contribution in [3.8, 4) is 17.3 Å². The van der Waals surface area contributed by atoms with Gasteiger partial charge < -0.3 is 9.26 Å². The summed E-state index contributed by atoms with van der Waals surface area (Å²) in [6.07, 6.45) is 1.94. The third kappa shape index (κ3) is 4.24. The molecule has 0 aliphatic heterocycles. The molecular weight excluding hydrogens is 356 g/mol. The SMILES string of the molecule is COc1ccc(S(=O)(=O)NCCc2nc(-c3cc(C)ccn3)no2)cc1. The third-order valence-electron chi connectivity index (χ3n) is 3.61. The van der Waals surface area contributed by atoms with Gasteiger partial charge in [-0.15, -0.1) is 0 Å². The highest BCUT2D eigenvalue weighted by atomic mass is 32.2. The Bertz CT molecular complexity index is 984. The Balaban J connectivity index is 1.61. The molecule has 3 aromatic rings. The molecule has 0 radical (unpaired) electrons. The normalized spacial score (nSPS) is 11.5. The molecule has 0 aliphatic rings. The van der Waals surface area contributed by atoms with Gasteiger partial charge in [-0.05, 0) is 48.9 Å². The number of aromatic nitrogens is 3. The maximum Gasteiger partial charge on any atom is 0.240 e. The van der Waals surface area contributed by atoms with Crippen molar-refractivity contribution >= 4 is 10.0 Å². The van der Waals surface area contributed by atoms with E-state index in [-0.39, 0.29) is 17.9 Å². The first-order valence-corrected chi connectivity index (χ1v) is 9.35. The first-order valence-electron chi connectivity index (χ1n) is 7.87. The van der Waals surface area contributed by atoms with Crippen LogP contribution in [0.4, 0.5) is 0 Å². The van der Waals surface area contributed by atoms with E-state index in [9.17, 15) is 8.42 Å². The average Bonchev–Trinajstić information content (AvgIpc) is 3.10. The van der Waals surface area contributed by atoms with Crippen molar-refractivity contribution in [3.63, 3.8) is 0 Å². The minimum absolute atomic E-state index is 0.136. The Labute approximate surface area is 151 Å². The van der Waals surface area contributed by atoms with E-state index in [1.165, 1.54) is 19.2 Å². The Kier molecular flexibility index (Phi) is 5.29. The van der Waals surface area contributed by atoms with Crippen LogP contribution in [0.2, 0.25) is 0 Å². The quantitative estimate of drug-likeness (QED) is 0.673. The molecule has 0 saturated carbocycles. The Morgan fingerprint density at radius 2 is 1.96 bits per heavy atom. The molecule has 2 heterocycles. The number of nitrogens with zero attached hydrogens (tertiary/aromatic N) is 3. The molecule has 0 spiro atoms. The molecule has 0 fully saturated rings. The minimum Gasteiger partial charge on any atom is -0.497 e. The van der Waals surface area contributed by atoms with Crippen LogP contribution < -0.4 is 9.46 Å². The summed E-state index contributed by atoms with van der Waals surface area (Å²) in [6, 6.07) is 9.87. The lowest BCUT2D eigenvalue weighted by atomic mass is 10.2. The summed E-state index contributed by atoms with van der Waals surface area (Å²) in [5, 5.41) is 3.88. The van der Waals surface area contributed by atoms with E-state index in [4.69, 9.17) is 9.26 Å². The van der Waals surface area contributed by atoms with Gasteiger partial charge in [0.25, 0.3) is 0 Å². The van der Waals surface area contributed by atoms with Gasteiger partial charge in [0.2, 0.25) is 21.7 Å². The van der Waals surface area contributed by atoms with Gasteiger partial charge in [0.15, 0.2) is 0 Å². The third-order valence-corrected chi connectivity index (χ3v) is 5.09. The van der Waals surface area contributed by atoms with Gasteiger partial charge in [0, 0.05) is 19.2 Å². The Morgan fingerprint density at radius 3 is 2.65 bits per heavy atom. The van der Waals surface area contributed by atoms with Gasteiger partial charge in [0.1, 0.15) is 11.4 Å². The van der Waals surface area contributed by atoms with Crippen LogP contribution in [0, 0.1) is 6.92 Å². The molecule has 0 bridgehead atoms. The minimum atomic E-state index is -3.61. The van der Waals surface area contributed by atoms with Gasteiger partial charge in [-0.25, -0.2) is 13.1 Å². The monoisotopic (exact) mass is 374 g/mol. The topological polar surface area (TPSA) is 107 Å². The highest BCUT2D eigenvalue weighted by Crippen LogP contribution is 2.16. The molecule has 1 aromatic carbocycles. The zero-order valence-electron chi connectivity index (χ0n) is 14.3. The first-order chi connectivity index (χ1) is 12.5. The molecule has 8 nitrogen and oxygen atoms in total. The summed E-state index contributed by atoms with van der Waals surface area (Å²) in [5.74, 6) is 1.30. The fourth-order valence-electron chi connectivity index (χ4n) is 2.25. The molecule has 0 saturated heterocycles. The zero-order chi connectivity index (χ0) is 18.6. The number of nitrogens with one attached hydrogen (secondary N) is 1. The van der Waals surface area contributed by atoms with Crippen LogP contribution in [0.25, 0.3) is 11.5 Å². The van der Waals surface area contributed by atoms with Crippen molar-refractivity contribution in [2.24, 2.45) is 0 Å². The van der Waals surface area contributed by atoms with Crippen LogP contribution in [0.5, 0.6) is 5.75 Å². The number of pyridine rings is 1. The van der Waals surface area contributed by atoms with Crippen LogP contribution in [0.3, 0.4) is 0 Å². The molecule has 2 aromatic heterocycles. The predicted molar refractivity (Wildman–Crippen MR) is 94.2 cm³/mol. The number of aryl methyl sites for hydroxylation is 1. The van der Waals surface area contributed by atoms with E-state index >= 15 is 0 Å². The lowest BCUT2D eigenvalue weighted by Crippen LogP contribution is -2.26. The van der Waals surface area contributed by atoms with E-state index in [0.29, 0.717) is 23.2 Å². The average molecular weight is 374 g/mol. The van der Waals surface area contributed by atoms with Gasteiger partial charge in [-0.2, -0.15) is 4.98 Å². The Morgan fingerprint density at radius 1 is 1.19 bits per heavy atom. The summed E-state index contributed by atoms with van der Waals surface area (Å²) in [6.45, 7) is 2.08. The van der Waals surface area contributed by atoms with Crippen molar-refractivity contribution in [1.29, 1.82) is 0 Å². The second kappa shape index (κ2) is 7.63. The highest BCUT2D eigenvalue weighted by Gasteiger charge is 2.15. The van der Waals surface area contributed by atoms with Crippen LogP contribution in [-0.2, 0) is 16.4 Å². The van der Waals surface area contributed by atoms with Crippen LogP contribution in [0.1, 0.15) is 11.5 Å². The molecular formula is C17H18N4O4S. The summed E-state index contributed by atoms with van der Waals surface area (Å²) < 4.78 is 37.2. The fraction of sp³-hybridized carbons (Fsp3) is 0.235. The van der Waals surface area contributed by atoms with Crippen molar-refractivity contribution < 1.29 is 17.7 Å². The molecule has 26 heavy (non-hydrogen) atoms. The van der Waals surface area contributed by atoms with Gasteiger partial charge in [0.05, 0.1) is 12.0 Å². The van der Waals surface area contributed by atoms with Gasteiger partial charge in [-0.1, -0.05) is 5.16 Å². The maximum absolute atomic E-state index is 12.3. The molecule has 0 aliphatic carbocycles. The largest absolute Gasteiger partial charge is 0.497 e. The number of hydrogen-bond acceptors (Lipinski definition) is 7. The standard InChI is InChI=1S/C17H18N4O4S/c1-12-7-9-18-15(11-12)17-20-16(25-21-17)8-10-19-26(22,23)14-5-3-13(24-2)4-6-14/h3-7,9,11,19H,8,10H2,1-2H3. The number of ether oxygens (including phenoxy) is 1. The smallest absolute Gasteiger partial charge is 0.240 e. The van der Waals surface area contributed by atoms with Crippen molar-refractivity contribution in [1.82, 2.24) is 19.8 Å². The summed E-state index contributed by atoms with van der Waals surface area (Å²) in [7, 11) is -2.09. The lowest BCUT2D eigenvalue weighted by molar-refractivity contribution is 0.379. The molecule has 136 valence electrons. The molecule has 9 heteroatoms. The van der Waals surface area contributed by atoms with E-state index in [2.05, 4.69) is 19.8 Å². The second-order valence-corrected chi connectivity index (χ2v) is 7.32. The number of hydrogen-bond donors (Lipinski definition) is 1. The first kappa shape index (κ1) is 18.0. The lowest BCUT2D eigenvalue weighted by Gasteiger charge is -2.06. The summed E-state index contributed by atoms with van der Waals surface area (Å²) in [4.78, 5) is 8.60. The molecule has 0 unspecified atom stereocenters. The maximum atomic E-state index is 12.3. The van der Waals surface area contributed by atoms with Crippen molar-refractivity contribution in [3.05, 3.63) is 54.0 Å². The summed E-state index contributed by atoms with van der Waals surface area (Å²) >= 11 is 0. The highest BCUT2D eigenvalue weighted by molar-refractivity contribution is 7.89. The second-order valence-electron chi connectivity index (χ2n) is 5.55. The number of rotatable bonds is 7. The van der Waals surface area contributed by atoms with Crippen molar-refractivity contribution in [2.45, 2.75) is 18.2 Å². The summed E-state index contributed by atoms with van der Waals surface area (Å²) in [5.41, 5.74) is 1.65. The van der Waals surface area contributed by atoms with E-state index in [1.54, 1.807) is 18.3 Å². The zero-order valence-corrected chi connectivity index (χ0v) is 15.2. The van der Waals surface area contributed by atoms with Crippen molar-refractivity contribution in [2.75, 3.05) is 13.7 Å². The van der Waals surface area contributed by atoms with Gasteiger partial charge in [-0.3, -0.25) is 4.98 Å². The van der Waals surface area contributed by atoms with E-state index in [0.717, 1.165) is 5.56 Å². The predicted octanol–water partition coefficient (Wildman–Crippen LogP) is 1.97. The molecule has 0 amide bonds. The van der Waals surface area contributed by atoms with E-state index in [1.807, 2.05) is 19.1 Å². The number of benzene rings is 1. The molecule has 3 rings (SSSR count). The van der Waals surface area contributed by atoms with Gasteiger partial charge >= 0.3 is 0 Å². The van der Waals surface area contributed by atoms with E-state index < -0.39 is 10.0 Å².